The molecule has 0 unspecified atom stereocenters. The van der Waals surface area contributed by atoms with E-state index in [0.29, 0.717) is 17.0 Å². The molecular weight excluding hydrogens is 310 g/mol. The number of nitrogens with zero attached hydrogens (tertiary/aromatic N) is 2. The van der Waals surface area contributed by atoms with Gasteiger partial charge in [-0.05, 0) is 37.6 Å². The van der Waals surface area contributed by atoms with Crippen LogP contribution in [0.5, 0.6) is 0 Å². The summed E-state index contributed by atoms with van der Waals surface area (Å²) in [6.07, 6.45) is 0. The Balaban J connectivity index is 1.84. The van der Waals surface area contributed by atoms with E-state index in [4.69, 9.17) is 4.42 Å². The molecule has 0 radical (unpaired) electrons. The zero-order valence-electron chi connectivity index (χ0n) is 13.2. The fourth-order valence-electron chi connectivity index (χ4n) is 2.40. The third-order valence-corrected chi connectivity index (χ3v) is 3.53. The molecule has 0 fully saturated rings. The van der Waals surface area contributed by atoms with Crippen LogP contribution < -0.4 is 16.5 Å². The summed E-state index contributed by atoms with van der Waals surface area (Å²) < 4.78 is 6.24. The van der Waals surface area contributed by atoms with E-state index < -0.39 is 11.5 Å². The highest BCUT2D eigenvalue weighted by Gasteiger charge is 2.08. The van der Waals surface area contributed by atoms with Gasteiger partial charge in [-0.15, -0.1) is 0 Å². The Labute approximate surface area is 136 Å². The van der Waals surface area contributed by atoms with Gasteiger partial charge in [0.05, 0.1) is 5.69 Å². The molecule has 0 spiro atoms. The van der Waals surface area contributed by atoms with Gasteiger partial charge in [0.25, 0.3) is 5.56 Å². The number of carbonyl (C=O) groups is 1. The van der Waals surface area contributed by atoms with Gasteiger partial charge in [-0.3, -0.25) is 9.59 Å². The number of aryl methyl sites for hydroxylation is 2. The van der Waals surface area contributed by atoms with Gasteiger partial charge < -0.3 is 9.73 Å². The number of amides is 1. The van der Waals surface area contributed by atoms with Gasteiger partial charge >= 0.3 is 5.63 Å². The normalized spacial score (nSPS) is 10.8. The first-order chi connectivity index (χ1) is 11.4. The van der Waals surface area contributed by atoms with Crippen LogP contribution in [0.25, 0.3) is 11.0 Å². The fourth-order valence-corrected chi connectivity index (χ4v) is 2.40. The zero-order valence-corrected chi connectivity index (χ0v) is 13.2. The lowest BCUT2D eigenvalue weighted by molar-refractivity contribution is -0.117. The lowest BCUT2D eigenvalue weighted by atomic mass is 10.1. The highest BCUT2D eigenvalue weighted by molar-refractivity contribution is 5.93. The largest absolute Gasteiger partial charge is 0.423 e. The van der Waals surface area contributed by atoms with Gasteiger partial charge in [0.2, 0.25) is 5.91 Å². The minimum absolute atomic E-state index is 0.198. The van der Waals surface area contributed by atoms with Gasteiger partial charge in [-0.2, -0.15) is 5.10 Å². The molecule has 0 saturated carbocycles. The summed E-state index contributed by atoms with van der Waals surface area (Å²) in [6.45, 7) is 3.35. The summed E-state index contributed by atoms with van der Waals surface area (Å²) in [5.74, 6) is -0.399. The van der Waals surface area contributed by atoms with Crippen LogP contribution in [-0.4, -0.2) is 15.7 Å². The van der Waals surface area contributed by atoms with Crippen LogP contribution in [0.15, 0.2) is 50.4 Å². The van der Waals surface area contributed by atoms with E-state index >= 15 is 0 Å². The lowest BCUT2D eigenvalue weighted by Crippen LogP contribution is -2.29. The van der Waals surface area contributed by atoms with Crippen LogP contribution in [0, 0.1) is 13.8 Å². The molecule has 3 rings (SSSR count). The first-order valence-corrected chi connectivity index (χ1v) is 7.31. The maximum Gasteiger partial charge on any atom is 0.336 e. The standard InChI is InChI=1S/C17H15N3O4/c1-10-7-17(23)24-14-8-12(4-5-13(10)14)18-15(21)9-20-16(22)6-3-11(2)19-20/h3-8H,9H2,1-2H3,(H,18,21). The number of anilines is 1. The Kier molecular flexibility index (Phi) is 3.99. The summed E-state index contributed by atoms with van der Waals surface area (Å²) >= 11 is 0. The minimum Gasteiger partial charge on any atom is -0.423 e. The highest BCUT2D eigenvalue weighted by atomic mass is 16.4. The Morgan fingerprint density at radius 3 is 2.75 bits per heavy atom. The molecule has 0 saturated heterocycles. The van der Waals surface area contributed by atoms with E-state index in [0.717, 1.165) is 15.6 Å². The smallest absolute Gasteiger partial charge is 0.336 e. The van der Waals surface area contributed by atoms with Crippen molar-refractivity contribution in [3.8, 4) is 0 Å². The van der Waals surface area contributed by atoms with Crippen molar-refractivity contribution in [1.82, 2.24) is 9.78 Å². The molecule has 7 nitrogen and oxygen atoms in total. The molecule has 0 aliphatic carbocycles. The maximum atomic E-state index is 12.1. The molecule has 2 aromatic heterocycles. The number of nitrogens with one attached hydrogen (secondary N) is 1. The van der Waals surface area contributed by atoms with Gasteiger partial charge in [0.1, 0.15) is 12.1 Å². The van der Waals surface area contributed by atoms with Crippen molar-refractivity contribution >= 4 is 22.6 Å². The predicted octanol–water partition coefficient (Wildman–Crippen LogP) is 1.61. The Hall–Kier alpha value is -3.22. The van der Waals surface area contributed by atoms with Crippen molar-refractivity contribution in [2.45, 2.75) is 20.4 Å². The van der Waals surface area contributed by atoms with Gasteiger partial charge in [0, 0.05) is 29.3 Å². The van der Waals surface area contributed by atoms with Crippen molar-refractivity contribution in [3.63, 3.8) is 0 Å². The molecule has 122 valence electrons. The second kappa shape index (κ2) is 6.11. The fraction of sp³-hybridized carbons (Fsp3) is 0.176. The molecule has 7 heteroatoms. The van der Waals surface area contributed by atoms with Crippen LogP contribution >= 0.6 is 0 Å². The molecule has 1 amide bonds. The van der Waals surface area contributed by atoms with Crippen molar-refractivity contribution in [1.29, 1.82) is 0 Å². The molecule has 0 aliphatic heterocycles. The van der Waals surface area contributed by atoms with Crippen molar-refractivity contribution < 1.29 is 9.21 Å². The molecule has 24 heavy (non-hydrogen) atoms. The summed E-state index contributed by atoms with van der Waals surface area (Å²) in [4.78, 5) is 35.2. The molecule has 2 heterocycles. The van der Waals surface area contributed by atoms with E-state index in [2.05, 4.69) is 10.4 Å². The Morgan fingerprint density at radius 2 is 1.96 bits per heavy atom. The van der Waals surface area contributed by atoms with Crippen LogP contribution in [0.4, 0.5) is 5.69 Å². The highest BCUT2D eigenvalue weighted by Crippen LogP contribution is 2.20. The topological polar surface area (TPSA) is 94.2 Å². The molecule has 1 N–H and O–H groups in total. The van der Waals surface area contributed by atoms with Crippen molar-refractivity contribution in [2.24, 2.45) is 0 Å². The summed E-state index contributed by atoms with van der Waals surface area (Å²) in [5.41, 5.74) is 1.51. The van der Waals surface area contributed by atoms with Crippen molar-refractivity contribution in [2.75, 3.05) is 5.32 Å². The van der Waals surface area contributed by atoms with E-state index in [1.54, 1.807) is 31.2 Å². The third-order valence-electron chi connectivity index (χ3n) is 3.53. The van der Waals surface area contributed by atoms with Crippen LogP contribution in [0.2, 0.25) is 0 Å². The van der Waals surface area contributed by atoms with Gasteiger partial charge in [0.15, 0.2) is 0 Å². The Bertz CT molecular complexity index is 1050. The average Bonchev–Trinajstić information content (AvgIpc) is 2.50. The van der Waals surface area contributed by atoms with Crippen LogP contribution in [0.1, 0.15) is 11.3 Å². The molecule has 0 atom stereocenters. The van der Waals surface area contributed by atoms with E-state index in [-0.39, 0.29) is 12.1 Å². The summed E-state index contributed by atoms with van der Waals surface area (Å²) in [6, 6.07) is 9.41. The molecule has 0 bridgehead atoms. The first-order valence-electron chi connectivity index (χ1n) is 7.31. The minimum atomic E-state index is -0.445. The number of aromatic nitrogens is 2. The van der Waals surface area contributed by atoms with E-state index in [9.17, 15) is 14.4 Å². The van der Waals surface area contributed by atoms with Gasteiger partial charge in [-0.25, -0.2) is 9.48 Å². The van der Waals surface area contributed by atoms with E-state index in [1.807, 2.05) is 6.92 Å². The quantitative estimate of drug-likeness (QED) is 0.738. The van der Waals surface area contributed by atoms with E-state index in [1.165, 1.54) is 12.1 Å². The second-order valence-electron chi connectivity index (χ2n) is 5.48. The second-order valence-corrected chi connectivity index (χ2v) is 5.48. The monoisotopic (exact) mass is 325 g/mol. The third kappa shape index (κ3) is 3.24. The molecule has 0 aliphatic rings. The number of fused-ring (bicyclic) bond motifs is 1. The zero-order chi connectivity index (χ0) is 17.3. The molecule has 1 aromatic carbocycles. The maximum absolute atomic E-state index is 12.1. The number of benzene rings is 1. The van der Waals surface area contributed by atoms with Gasteiger partial charge in [-0.1, -0.05) is 0 Å². The molecule has 3 aromatic rings. The number of hydrogen-bond donors (Lipinski definition) is 1. The lowest BCUT2D eigenvalue weighted by Gasteiger charge is -2.08. The number of rotatable bonds is 3. The number of carbonyl (C=O) groups excluding carboxylic acids is 1. The molecular formula is C17H15N3O4. The summed E-state index contributed by atoms with van der Waals surface area (Å²) in [7, 11) is 0. The van der Waals surface area contributed by atoms with Crippen LogP contribution in [0.3, 0.4) is 0 Å². The SMILES string of the molecule is Cc1ccc(=O)n(CC(=O)Nc2ccc3c(C)cc(=O)oc3c2)n1. The Morgan fingerprint density at radius 1 is 1.17 bits per heavy atom. The first kappa shape index (κ1) is 15.7. The van der Waals surface area contributed by atoms with Crippen molar-refractivity contribution in [3.05, 3.63) is 68.4 Å². The number of hydrogen-bond acceptors (Lipinski definition) is 5. The average molecular weight is 325 g/mol. The predicted molar refractivity (Wildman–Crippen MR) is 89.1 cm³/mol. The summed E-state index contributed by atoms with van der Waals surface area (Å²) in [5, 5.41) is 7.47. The van der Waals surface area contributed by atoms with Crippen LogP contribution in [-0.2, 0) is 11.3 Å².